The predicted octanol–water partition coefficient (Wildman–Crippen LogP) is 10.7. The standard InChI is InChI=1S/C59H67Cl2FN10O7/c1-37(2)78-50-33-45(77-5)22-23-46(50)57-67-54(40-13-17-42(60)18-14-40)55(41-15-19-43(61)20-16-41)72(57)59(76)70-31-30-68(53(74)36-70)27-11-9-7-6-8-10-12-52(73)63-26-29-69-35-38(3)79-49-24-21-44(62)32-47(49)39(4)65-51-25-28-71-56(66-51)48(34-64-71)58(69)75/h13-25,28,32-34,37-39,54-55H,6-12,26-27,29-31,35-36H2,1-5H3,(H,63,73)(H,65,66)/t38-,39-,54+,55-/m0/s1. The molecule has 79 heavy (non-hydrogen) atoms. The van der Waals surface area contributed by atoms with Gasteiger partial charge in [0.25, 0.3) is 5.91 Å². The Morgan fingerprint density at radius 1 is 0.848 bits per heavy atom. The van der Waals surface area contributed by atoms with E-state index in [0.717, 1.165) is 43.2 Å². The molecule has 416 valence electrons. The third-order valence-corrected chi connectivity index (χ3v) is 14.9. The van der Waals surface area contributed by atoms with Gasteiger partial charge in [-0.05, 0) is 112 Å². The van der Waals surface area contributed by atoms with Crippen LogP contribution in [0.3, 0.4) is 0 Å². The monoisotopic (exact) mass is 1120 g/mol. The minimum Gasteiger partial charge on any atom is -0.497 e. The smallest absolute Gasteiger partial charge is 0.326 e. The summed E-state index contributed by atoms with van der Waals surface area (Å²) in [6, 6.07) is 24.6. The lowest BCUT2D eigenvalue weighted by Crippen LogP contribution is -2.56. The first kappa shape index (κ1) is 56.3. The lowest BCUT2D eigenvalue weighted by Gasteiger charge is -2.38. The first-order valence-corrected chi connectivity index (χ1v) is 27.8. The van der Waals surface area contributed by atoms with Crippen LogP contribution in [0.15, 0.2) is 108 Å². The van der Waals surface area contributed by atoms with E-state index in [1.165, 1.54) is 22.8 Å². The van der Waals surface area contributed by atoms with E-state index in [-0.39, 0.29) is 62.1 Å². The van der Waals surface area contributed by atoms with E-state index in [0.29, 0.717) is 93.8 Å². The molecule has 20 heteroatoms. The van der Waals surface area contributed by atoms with Gasteiger partial charge < -0.3 is 39.5 Å². The molecule has 0 unspecified atom stereocenters. The van der Waals surface area contributed by atoms with E-state index >= 15 is 4.79 Å². The van der Waals surface area contributed by atoms with E-state index in [1.54, 1.807) is 58.3 Å². The predicted molar refractivity (Wildman–Crippen MR) is 302 cm³/mol. The van der Waals surface area contributed by atoms with Gasteiger partial charge >= 0.3 is 6.03 Å². The molecule has 17 nitrogen and oxygen atoms in total. The number of rotatable bonds is 18. The van der Waals surface area contributed by atoms with Gasteiger partial charge in [-0.15, -0.1) is 0 Å². The van der Waals surface area contributed by atoms with Crippen molar-refractivity contribution < 1.29 is 37.8 Å². The Balaban J connectivity index is 0.753. The number of amides is 5. The van der Waals surface area contributed by atoms with Crippen molar-refractivity contribution in [2.24, 2.45) is 4.99 Å². The van der Waals surface area contributed by atoms with Gasteiger partial charge in [0.1, 0.15) is 59.0 Å². The number of hydrogen-bond donors (Lipinski definition) is 2. The maximum absolute atomic E-state index is 15.1. The number of halogens is 3. The van der Waals surface area contributed by atoms with Crippen LogP contribution >= 0.6 is 23.2 Å². The molecule has 0 spiro atoms. The van der Waals surface area contributed by atoms with E-state index in [9.17, 15) is 18.8 Å². The third-order valence-electron chi connectivity index (χ3n) is 14.4. The van der Waals surface area contributed by atoms with Crippen LogP contribution in [-0.4, -0.2) is 129 Å². The van der Waals surface area contributed by atoms with E-state index in [2.05, 4.69) is 20.7 Å². The van der Waals surface area contributed by atoms with Gasteiger partial charge in [-0.3, -0.25) is 24.3 Å². The molecule has 9 rings (SSSR count). The quantitative estimate of drug-likeness (QED) is 0.0788. The number of carbonyl (C=O) groups is 4. The van der Waals surface area contributed by atoms with Crippen LogP contribution in [-0.2, 0) is 9.59 Å². The summed E-state index contributed by atoms with van der Waals surface area (Å²) in [7, 11) is 1.59. The number of aromatic nitrogens is 3. The number of piperazine rings is 1. The molecule has 2 aromatic heterocycles. The van der Waals surface area contributed by atoms with Crippen LogP contribution < -0.4 is 24.8 Å². The van der Waals surface area contributed by atoms with E-state index < -0.39 is 24.0 Å². The maximum atomic E-state index is 15.1. The molecule has 3 aliphatic rings. The normalized spacial score (nSPS) is 18.6. The van der Waals surface area contributed by atoms with Crippen molar-refractivity contribution in [2.45, 2.75) is 103 Å². The topological polar surface area (TPSA) is 176 Å². The summed E-state index contributed by atoms with van der Waals surface area (Å²) in [4.78, 5) is 72.8. The fourth-order valence-corrected chi connectivity index (χ4v) is 10.6. The average Bonchev–Trinajstić information content (AvgIpc) is 4.29. The van der Waals surface area contributed by atoms with Crippen molar-refractivity contribution >= 4 is 64.3 Å². The molecule has 5 heterocycles. The number of amidine groups is 1. The Morgan fingerprint density at radius 2 is 1.57 bits per heavy atom. The Labute approximate surface area is 470 Å². The minimum atomic E-state index is -0.603. The number of fused-ring (bicyclic) bond motifs is 2. The van der Waals surface area contributed by atoms with E-state index in [4.69, 9.17) is 42.4 Å². The number of hydrogen-bond acceptors (Lipinski definition) is 11. The second-order valence-corrected chi connectivity index (χ2v) is 21.4. The van der Waals surface area contributed by atoms with Crippen LogP contribution in [0, 0.1) is 5.82 Å². The van der Waals surface area contributed by atoms with Crippen LogP contribution in [0.4, 0.5) is 15.0 Å². The molecular weight excluding hydrogens is 1050 g/mol. The molecule has 3 aliphatic heterocycles. The van der Waals surface area contributed by atoms with Crippen molar-refractivity contribution in [3.63, 3.8) is 0 Å². The lowest BCUT2D eigenvalue weighted by atomic mass is 9.93. The molecule has 4 aromatic carbocycles. The lowest BCUT2D eigenvalue weighted by molar-refractivity contribution is -0.135. The summed E-state index contributed by atoms with van der Waals surface area (Å²) in [6.07, 6.45) is 8.09. The number of carbonyl (C=O) groups excluding carboxylic acids is 4. The van der Waals surface area contributed by atoms with Crippen molar-refractivity contribution in [3.8, 4) is 17.2 Å². The largest absolute Gasteiger partial charge is 0.497 e. The molecule has 2 bridgehead atoms. The minimum absolute atomic E-state index is 0.0840. The highest BCUT2D eigenvalue weighted by Crippen LogP contribution is 2.46. The van der Waals surface area contributed by atoms with Crippen LogP contribution in [0.2, 0.25) is 10.0 Å². The Kier molecular flexibility index (Phi) is 18.2. The molecule has 6 aromatic rings. The fourth-order valence-electron chi connectivity index (χ4n) is 10.4. The first-order chi connectivity index (χ1) is 38.1. The number of methoxy groups -OCH3 is 1. The van der Waals surface area contributed by atoms with Gasteiger partial charge in [0.15, 0.2) is 5.65 Å². The molecule has 1 saturated heterocycles. The molecule has 0 saturated carbocycles. The molecular formula is C59H67Cl2FN10O7. The molecule has 4 atom stereocenters. The van der Waals surface area contributed by atoms with Gasteiger partial charge in [0.2, 0.25) is 11.8 Å². The van der Waals surface area contributed by atoms with Crippen LogP contribution in [0.1, 0.15) is 123 Å². The highest BCUT2D eigenvalue weighted by atomic mass is 35.5. The highest BCUT2D eigenvalue weighted by molar-refractivity contribution is 6.30. The summed E-state index contributed by atoms with van der Waals surface area (Å²) in [6.45, 7) is 9.48. The average molecular weight is 1120 g/mol. The summed E-state index contributed by atoms with van der Waals surface area (Å²) in [5.41, 5.74) is 3.58. The number of ether oxygens (including phenoxy) is 3. The van der Waals surface area contributed by atoms with Crippen LogP contribution in [0.5, 0.6) is 17.2 Å². The maximum Gasteiger partial charge on any atom is 0.326 e. The Morgan fingerprint density at radius 3 is 2.29 bits per heavy atom. The van der Waals surface area contributed by atoms with Crippen molar-refractivity contribution in [1.29, 1.82) is 0 Å². The highest BCUT2D eigenvalue weighted by Gasteiger charge is 2.46. The number of anilines is 1. The molecule has 1 fully saturated rings. The van der Waals surface area contributed by atoms with Gasteiger partial charge in [-0.2, -0.15) is 5.10 Å². The first-order valence-electron chi connectivity index (χ1n) is 27.1. The zero-order chi connectivity index (χ0) is 55.7. The van der Waals surface area contributed by atoms with Gasteiger partial charge in [0, 0.05) is 67.0 Å². The Bertz CT molecular complexity index is 3180. The number of nitrogens with one attached hydrogen (secondary N) is 2. The van der Waals surface area contributed by atoms with Crippen molar-refractivity contribution in [3.05, 3.63) is 147 Å². The van der Waals surface area contributed by atoms with E-state index in [1.807, 2.05) is 81.1 Å². The van der Waals surface area contributed by atoms with Crippen LogP contribution in [0.25, 0.3) is 5.65 Å². The number of aliphatic imine (C=N–C) groups is 1. The van der Waals surface area contributed by atoms with Gasteiger partial charge in [-0.1, -0.05) is 73.2 Å². The molecule has 5 amide bonds. The SMILES string of the molecule is COc1ccc(C2=N[C@H](c3ccc(Cl)cc3)[C@H](c3ccc(Cl)cc3)N2C(=O)N2CCN(CCCCCCCCC(=O)NCCN3C[C@H](C)Oc4ccc(F)cc4[C@H](C)Nc4ccn5ncc(c5n4)C3=O)C(=O)C2)c(OC(C)C)c1. The fraction of sp³-hybridized carbons (Fsp3) is 0.407. The summed E-state index contributed by atoms with van der Waals surface area (Å²) >= 11 is 12.7. The second-order valence-electron chi connectivity index (χ2n) is 20.5. The molecule has 0 radical (unpaired) electrons. The molecule has 2 N–H and O–H groups in total. The number of urea groups is 1. The number of benzene rings is 4. The summed E-state index contributed by atoms with van der Waals surface area (Å²) in [5.74, 6) is 1.57. The number of nitrogens with zero attached hydrogens (tertiary/aromatic N) is 8. The zero-order valence-electron chi connectivity index (χ0n) is 45.2. The summed E-state index contributed by atoms with van der Waals surface area (Å²) < 4.78 is 34.2. The van der Waals surface area contributed by atoms with Crippen molar-refractivity contribution in [1.82, 2.24) is 39.5 Å². The van der Waals surface area contributed by atoms with Gasteiger partial charge in [-0.25, -0.2) is 18.7 Å². The third kappa shape index (κ3) is 13.5. The second kappa shape index (κ2) is 25.6. The summed E-state index contributed by atoms with van der Waals surface area (Å²) in [5, 5.41) is 11.8. The van der Waals surface area contributed by atoms with Crippen molar-refractivity contribution in [2.75, 3.05) is 58.2 Å². The Hall–Kier alpha value is -7.44. The number of unbranched alkanes of at least 4 members (excludes halogenated alkanes) is 5. The van der Waals surface area contributed by atoms with Gasteiger partial charge in [0.05, 0.1) is 43.6 Å². The zero-order valence-corrected chi connectivity index (χ0v) is 46.7. The molecule has 0 aliphatic carbocycles.